The number of nitrogens with one attached hydrogen (secondary N) is 1. The third-order valence-electron chi connectivity index (χ3n) is 7.99. The third kappa shape index (κ3) is 10.9. The van der Waals surface area contributed by atoms with Crippen LogP contribution in [0.3, 0.4) is 0 Å². The fourth-order valence-electron chi connectivity index (χ4n) is 5.72. The molecule has 3 rings (SSSR count). The van der Waals surface area contributed by atoms with E-state index < -0.39 is 31.9 Å². The van der Waals surface area contributed by atoms with E-state index in [1.807, 2.05) is 84.2 Å². The van der Waals surface area contributed by atoms with Gasteiger partial charge in [0.1, 0.15) is 25.4 Å². The first-order valence-corrected chi connectivity index (χ1v) is 17.7. The molecular weight excluding hydrogens is 654 g/mol. The molecule has 49 heavy (non-hydrogen) atoms. The summed E-state index contributed by atoms with van der Waals surface area (Å²) in [7, 11) is 1.97. The van der Waals surface area contributed by atoms with Gasteiger partial charge in [0.15, 0.2) is 0 Å². The maximum atomic E-state index is 13.1. The zero-order chi connectivity index (χ0) is 36.0. The average Bonchev–Trinajstić information content (AvgIpc) is 3.09. The van der Waals surface area contributed by atoms with Crippen LogP contribution < -0.4 is 14.8 Å². The molecule has 0 aliphatic heterocycles. The van der Waals surface area contributed by atoms with Gasteiger partial charge in [-0.05, 0) is 75.1 Å². The molecule has 0 radical (unpaired) electrons. The van der Waals surface area contributed by atoms with Crippen molar-refractivity contribution in [3.63, 3.8) is 0 Å². The standard InChI is InChI=1S/C37H47F3N3O5P/c1-27(2)43(28(3)4)49(24-10-22-41)48-26-29(21-23-42-35(44)37(38,39)40)25-47-36(30-11-8-7-9-12-30,31-13-17-33(45-5)18-14-31)32-15-19-34(46-6)20-16-32/h7-9,11-20,27-29H,10,21,23-26H2,1-6H3,(H,42,44). The zero-order valence-electron chi connectivity index (χ0n) is 29.0. The first-order chi connectivity index (χ1) is 23.4. The summed E-state index contributed by atoms with van der Waals surface area (Å²) in [6.45, 7) is 8.25. The van der Waals surface area contributed by atoms with E-state index in [1.54, 1.807) is 14.2 Å². The number of amides is 1. The summed E-state index contributed by atoms with van der Waals surface area (Å²) in [6.07, 6.45) is -4.01. The molecule has 1 amide bonds. The lowest BCUT2D eigenvalue weighted by molar-refractivity contribution is -0.173. The second-order valence-corrected chi connectivity index (χ2v) is 13.9. The quantitative estimate of drug-likeness (QED) is 0.0999. The Hall–Kier alpha value is -3.68. The smallest absolute Gasteiger partial charge is 0.471 e. The number of nitriles is 1. The van der Waals surface area contributed by atoms with E-state index in [0.29, 0.717) is 24.1 Å². The van der Waals surface area contributed by atoms with Gasteiger partial charge in [-0.2, -0.15) is 18.4 Å². The van der Waals surface area contributed by atoms with E-state index in [1.165, 1.54) is 0 Å². The minimum Gasteiger partial charge on any atom is -0.497 e. The SMILES string of the molecule is COc1ccc(C(OCC(CCNC(=O)C(F)(F)F)COP(CCC#N)N(C(C)C)C(C)C)(c2ccccc2)c2ccc(OC)cc2)cc1. The molecule has 0 saturated carbocycles. The Balaban J connectivity index is 2.06. The summed E-state index contributed by atoms with van der Waals surface area (Å²) in [6, 6.07) is 27.3. The summed E-state index contributed by atoms with van der Waals surface area (Å²) in [5.41, 5.74) is 1.28. The molecule has 0 saturated heterocycles. The Morgan fingerprint density at radius 3 is 1.80 bits per heavy atom. The summed E-state index contributed by atoms with van der Waals surface area (Å²) in [5.74, 6) is -1.10. The predicted molar refractivity (Wildman–Crippen MR) is 186 cm³/mol. The number of hydrogen-bond donors (Lipinski definition) is 1. The van der Waals surface area contributed by atoms with Gasteiger partial charge in [-0.25, -0.2) is 0 Å². The second-order valence-electron chi connectivity index (χ2n) is 12.1. The largest absolute Gasteiger partial charge is 0.497 e. The first-order valence-electron chi connectivity index (χ1n) is 16.3. The molecule has 0 aliphatic carbocycles. The van der Waals surface area contributed by atoms with Crippen molar-refractivity contribution in [2.75, 3.05) is 40.1 Å². The maximum Gasteiger partial charge on any atom is 0.471 e. The number of hydrogen-bond acceptors (Lipinski definition) is 7. The van der Waals surface area contributed by atoms with Gasteiger partial charge in [-0.3, -0.25) is 9.46 Å². The van der Waals surface area contributed by atoms with E-state index in [4.69, 9.17) is 18.7 Å². The van der Waals surface area contributed by atoms with E-state index in [2.05, 4.69) is 38.4 Å². The van der Waals surface area contributed by atoms with Crippen LogP contribution in [0.25, 0.3) is 0 Å². The van der Waals surface area contributed by atoms with Crippen LogP contribution in [0.5, 0.6) is 11.5 Å². The molecule has 2 atom stereocenters. The molecule has 12 heteroatoms. The van der Waals surface area contributed by atoms with Crippen LogP contribution in [0.4, 0.5) is 13.2 Å². The van der Waals surface area contributed by atoms with E-state index in [0.717, 1.165) is 16.7 Å². The highest BCUT2D eigenvalue weighted by atomic mass is 31.2. The Bertz CT molecular complexity index is 1410. The number of nitrogens with zero attached hydrogens (tertiary/aromatic N) is 2. The maximum absolute atomic E-state index is 13.1. The van der Waals surface area contributed by atoms with Gasteiger partial charge in [-0.1, -0.05) is 54.6 Å². The number of methoxy groups -OCH3 is 2. The molecule has 0 spiro atoms. The van der Waals surface area contributed by atoms with Crippen molar-refractivity contribution in [1.82, 2.24) is 9.99 Å². The second kappa shape index (κ2) is 18.9. The zero-order valence-corrected chi connectivity index (χ0v) is 29.9. The molecular formula is C37H47F3N3O5P. The molecule has 266 valence electrons. The van der Waals surface area contributed by atoms with Crippen molar-refractivity contribution >= 4 is 14.2 Å². The molecule has 0 aromatic heterocycles. The van der Waals surface area contributed by atoms with Crippen LogP contribution in [0.2, 0.25) is 0 Å². The number of alkyl halides is 3. The Labute approximate surface area is 289 Å². The van der Waals surface area contributed by atoms with Crippen LogP contribution in [0, 0.1) is 17.2 Å². The van der Waals surface area contributed by atoms with Gasteiger partial charge >= 0.3 is 12.1 Å². The first kappa shape index (κ1) is 39.8. The number of carbonyl (C=O) groups excluding carboxylic acids is 1. The Morgan fingerprint density at radius 2 is 1.35 bits per heavy atom. The molecule has 0 bridgehead atoms. The summed E-state index contributed by atoms with van der Waals surface area (Å²) in [5, 5.41) is 11.4. The Kier molecular flexibility index (Phi) is 15.3. The van der Waals surface area contributed by atoms with Crippen molar-refractivity contribution in [1.29, 1.82) is 5.26 Å². The van der Waals surface area contributed by atoms with Crippen molar-refractivity contribution < 1.29 is 36.7 Å². The van der Waals surface area contributed by atoms with Crippen molar-refractivity contribution in [3.05, 3.63) is 95.6 Å². The van der Waals surface area contributed by atoms with Gasteiger partial charge in [0.2, 0.25) is 0 Å². The fraction of sp³-hybridized carbons (Fsp3) is 0.459. The molecule has 2 unspecified atom stereocenters. The lowest BCUT2D eigenvalue weighted by Crippen LogP contribution is -2.39. The lowest BCUT2D eigenvalue weighted by atomic mass is 9.80. The van der Waals surface area contributed by atoms with Gasteiger partial charge in [0, 0.05) is 37.1 Å². The molecule has 3 aromatic rings. The topological polar surface area (TPSA) is 93.1 Å². The van der Waals surface area contributed by atoms with Crippen LogP contribution in [-0.4, -0.2) is 69.0 Å². The van der Waals surface area contributed by atoms with Crippen LogP contribution in [0.15, 0.2) is 78.9 Å². The number of ether oxygens (including phenoxy) is 3. The summed E-state index contributed by atoms with van der Waals surface area (Å²) >= 11 is 0. The van der Waals surface area contributed by atoms with Crippen molar-refractivity contribution in [3.8, 4) is 17.6 Å². The van der Waals surface area contributed by atoms with Crippen molar-refractivity contribution in [2.24, 2.45) is 5.92 Å². The number of carbonyl (C=O) groups is 1. The fourth-order valence-corrected chi connectivity index (χ4v) is 7.92. The summed E-state index contributed by atoms with van der Waals surface area (Å²) in [4.78, 5) is 11.7. The molecule has 0 aliphatic rings. The average molecular weight is 702 g/mol. The Morgan fingerprint density at radius 1 is 0.837 bits per heavy atom. The molecule has 0 heterocycles. The van der Waals surface area contributed by atoms with E-state index in [9.17, 15) is 23.2 Å². The van der Waals surface area contributed by atoms with E-state index in [-0.39, 0.29) is 38.3 Å². The highest BCUT2D eigenvalue weighted by Gasteiger charge is 2.40. The number of rotatable bonds is 19. The number of halogens is 3. The van der Waals surface area contributed by atoms with E-state index >= 15 is 0 Å². The van der Waals surface area contributed by atoms with Crippen molar-refractivity contribution in [2.45, 2.75) is 64.4 Å². The third-order valence-corrected chi connectivity index (χ3v) is 10.5. The minimum absolute atomic E-state index is 0.0691. The normalized spacial score (nSPS) is 13.3. The predicted octanol–water partition coefficient (Wildman–Crippen LogP) is 8.06. The highest BCUT2D eigenvalue weighted by Crippen LogP contribution is 2.46. The van der Waals surface area contributed by atoms with Crippen LogP contribution in [0.1, 0.15) is 57.2 Å². The van der Waals surface area contributed by atoms with Gasteiger partial charge in [-0.15, -0.1) is 0 Å². The molecule has 8 nitrogen and oxygen atoms in total. The van der Waals surface area contributed by atoms with Crippen LogP contribution >= 0.6 is 8.30 Å². The molecule has 0 fully saturated rings. The summed E-state index contributed by atoms with van der Waals surface area (Å²) < 4.78 is 65.8. The van der Waals surface area contributed by atoms with Gasteiger partial charge < -0.3 is 24.1 Å². The monoisotopic (exact) mass is 701 g/mol. The molecule has 1 N–H and O–H groups in total. The lowest BCUT2D eigenvalue weighted by Gasteiger charge is -2.39. The minimum atomic E-state index is -4.99. The number of benzene rings is 3. The van der Waals surface area contributed by atoms with Gasteiger partial charge in [0.25, 0.3) is 0 Å². The van der Waals surface area contributed by atoms with Gasteiger partial charge in [0.05, 0.1) is 33.5 Å². The molecule has 3 aromatic carbocycles. The highest BCUT2D eigenvalue weighted by molar-refractivity contribution is 7.50. The van der Waals surface area contributed by atoms with Crippen LogP contribution in [-0.2, 0) is 19.7 Å².